The van der Waals surface area contributed by atoms with Crippen molar-refractivity contribution in [1.82, 2.24) is 4.57 Å². The molecule has 0 amide bonds. The second kappa shape index (κ2) is 4.82. The quantitative estimate of drug-likeness (QED) is 0.807. The fourth-order valence-electron chi connectivity index (χ4n) is 1.30. The van der Waals surface area contributed by atoms with Crippen LogP contribution in [0.4, 0.5) is 0 Å². The van der Waals surface area contributed by atoms with Gasteiger partial charge in [0.1, 0.15) is 0 Å². The van der Waals surface area contributed by atoms with E-state index in [4.69, 9.17) is 10.8 Å². The molecule has 1 aromatic rings. The van der Waals surface area contributed by atoms with E-state index in [-0.39, 0.29) is 30.5 Å². The Bertz CT molecular complexity index is 283. The van der Waals surface area contributed by atoms with Crippen LogP contribution in [0.5, 0.6) is 0 Å². The van der Waals surface area contributed by atoms with Crippen molar-refractivity contribution in [1.29, 1.82) is 0 Å². The molecule has 0 bridgehead atoms. The highest BCUT2D eigenvalue weighted by Crippen LogP contribution is 2.30. The van der Waals surface area contributed by atoms with Crippen LogP contribution in [0.25, 0.3) is 0 Å². The van der Waals surface area contributed by atoms with Crippen LogP contribution in [-0.2, 0) is 7.05 Å². The average molecular weight is 219 g/mol. The Morgan fingerprint density at radius 2 is 2.14 bits per heavy atom. The molecule has 0 radical (unpaired) electrons. The number of hydrogen-bond donors (Lipinski definition) is 2. The van der Waals surface area contributed by atoms with Gasteiger partial charge in [0.05, 0.1) is 12.6 Å². The van der Waals surface area contributed by atoms with Crippen molar-refractivity contribution in [3.63, 3.8) is 0 Å². The lowest BCUT2D eigenvalue weighted by molar-refractivity contribution is 0.129. The molecular formula is C10H19ClN2O. The van der Waals surface area contributed by atoms with Crippen molar-refractivity contribution in [3.05, 3.63) is 24.0 Å². The minimum absolute atomic E-state index is 0. The summed E-state index contributed by atoms with van der Waals surface area (Å²) < 4.78 is 1.99. The van der Waals surface area contributed by atoms with Gasteiger partial charge in [-0.15, -0.1) is 12.4 Å². The third-order valence-corrected chi connectivity index (χ3v) is 2.55. The molecule has 14 heavy (non-hydrogen) atoms. The number of aryl methyl sites for hydroxylation is 1. The van der Waals surface area contributed by atoms with Crippen LogP contribution >= 0.6 is 12.4 Å². The van der Waals surface area contributed by atoms with Gasteiger partial charge in [-0.2, -0.15) is 0 Å². The number of hydrogen-bond acceptors (Lipinski definition) is 2. The molecule has 1 aromatic heterocycles. The minimum Gasteiger partial charge on any atom is -0.396 e. The molecule has 0 saturated carbocycles. The molecular weight excluding hydrogens is 200 g/mol. The lowest BCUT2D eigenvalue weighted by atomic mass is 9.84. The highest BCUT2D eigenvalue weighted by Gasteiger charge is 2.28. The first-order valence-corrected chi connectivity index (χ1v) is 4.46. The Labute approximate surface area is 91.3 Å². The highest BCUT2D eigenvalue weighted by atomic mass is 35.5. The topological polar surface area (TPSA) is 51.2 Å². The molecule has 0 aromatic carbocycles. The predicted molar refractivity (Wildman–Crippen MR) is 60.5 cm³/mol. The van der Waals surface area contributed by atoms with Crippen LogP contribution in [0.2, 0.25) is 0 Å². The molecule has 1 atom stereocenters. The van der Waals surface area contributed by atoms with Gasteiger partial charge in [-0.3, -0.25) is 0 Å². The van der Waals surface area contributed by atoms with Crippen LogP contribution in [0.3, 0.4) is 0 Å². The van der Waals surface area contributed by atoms with E-state index >= 15 is 0 Å². The molecule has 1 heterocycles. The molecule has 0 aliphatic carbocycles. The number of halogens is 1. The van der Waals surface area contributed by atoms with Gasteiger partial charge >= 0.3 is 0 Å². The van der Waals surface area contributed by atoms with Gasteiger partial charge in [-0.1, -0.05) is 13.8 Å². The average Bonchev–Trinajstić information content (AvgIpc) is 2.50. The number of aliphatic hydroxyl groups is 1. The number of aliphatic hydroxyl groups excluding tert-OH is 1. The second-order valence-electron chi connectivity index (χ2n) is 4.17. The van der Waals surface area contributed by atoms with E-state index in [1.165, 1.54) is 0 Å². The molecule has 0 spiro atoms. The summed E-state index contributed by atoms with van der Waals surface area (Å²) in [6, 6.07) is 3.82. The van der Waals surface area contributed by atoms with E-state index < -0.39 is 0 Å². The smallest absolute Gasteiger partial charge is 0.0523 e. The molecule has 0 unspecified atom stereocenters. The van der Waals surface area contributed by atoms with Crippen molar-refractivity contribution >= 4 is 12.4 Å². The van der Waals surface area contributed by atoms with Gasteiger partial charge in [0.25, 0.3) is 0 Å². The molecule has 0 saturated heterocycles. The van der Waals surface area contributed by atoms with Gasteiger partial charge in [0.15, 0.2) is 0 Å². The summed E-state index contributed by atoms with van der Waals surface area (Å²) in [6.45, 7) is 4.02. The maximum atomic E-state index is 9.16. The first-order chi connectivity index (χ1) is 5.99. The zero-order valence-corrected chi connectivity index (χ0v) is 9.71. The molecule has 0 aliphatic rings. The summed E-state index contributed by atoms with van der Waals surface area (Å²) in [5.74, 6) is 0. The second-order valence-corrected chi connectivity index (χ2v) is 4.17. The lowest BCUT2D eigenvalue weighted by Crippen LogP contribution is -2.33. The van der Waals surface area contributed by atoms with Crippen LogP contribution in [0, 0.1) is 5.41 Å². The van der Waals surface area contributed by atoms with E-state index in [9.17, 15) is 0 Å². The molecule has 3 N–H and O–H groups in total. The normalized spacial score (nSPS) is 13.5. The number of nitrogens with two attached hydrogens (primary N) is 1. The maximum Gasteiger partial charge on any atom is 0.0523 e. The summed E-state index contributed by atoms with van der Waals surface area (Å²) in [5, 5.41) is 9.16. The number of nitrogens with zero attached hydrogens (tertiary/aromatic N) is 1. The van der Waals surface area contributed by atoms with Gasteiger partial charge in [-0.25, -0.2) is 0 Å². The Hall–Kier alpha value is -0.510. The van der Waals surface area contributed by atoms with E-state index in [0.29, 0.717) is 0 Å². The monoisotopic (exact) mass is 218 g/mol. The van der Waals surface area contributed by atoms with Crippen LogP contribution < -0.4 is 5.73 Å². The molecule has 0 aliphatic heterocycles. The van der Waals surface area contributed by atoms with Crippen LogP contribution in [0.15, 0.2) is 18.3 Å². The van der Waals surface area contributed by atoms with Crippen LogP contribution in [0.1, 0.15) is 25.6 Å². The molecule has 4 heteroatoms. The Kier molecular flexibility index (Phi) is 4.65. The third-order valence-electron chi connectivity index (χ3n) is 2.55. The van der Waals surface area contributed by atoms with Crippen molar-refractivity contribution < 1.29 is 5.11 Å². The standard InChI is InChI=1S/C10H18N2O.ClH/c1-10(2,7-13)9(11)8-5-4-6-12(8)3;/h4-6,9,13H,7,11H2,1-3H3;1H/t9-;/m0./s1. The van der Waals surface area contributed by atoms with Gasteiger partial charge in [-0.05, 0) is 12.1 Å². The lowest BCUT2D eigenvalue weighted by Gasteiger charge is -2.29. The van der Waals surface area contributed by atoms with E-state index in [1.54, 1.807) is 0 Å². The van der Waals surface area contributed by atoms with Crippen molar-refractivity contribution in [2.45, 2.75) is 19.9 Å². The molecule has 82 valence electrons. The third kappa shape index (κ3) is 2.50. The Balaban J connectivity index is 0.00000169. The molecule has 1 rings (SSSR count). The zero-order chi connectivity index (χ0) is 10.1. The SMILES string of the molecule is Cl.Cn1cccc1[C@H](N)C(C)(C)CO. The fourth-order valence-corrected chi connectivity index (χ4v) is 1.30. The Morgan fingerprint density at radius 3 is 2.50 bits per heavy atom. The largest absolute Gasteiger partial charge is 0.396 e. The fraction of sp³-hybridized carbons (Fsp3) is 0.600. The van der Waals surface area contributed by atoms with E-state index in [1.807, 2.05) is 43.8 Å². The highest BCUT2D eigenvalue weighted by molar-refractivity contribution is 5.85. The van der Waals surface area contributed by atoms with E-state index in [2.05, 4.69) is 0 Å². The number of rotatable bonds is 3. The summed E-state index contributed by atoms with van der Waals surface area (Å²) in [6.07, 6.45) is 1.96. The summed E-state index contributed by atoms with van der Waals surface area (Å²) in [5.41, 5.74) is 6.83. The predicted octanol–water partition coefficient (Wildman–Crippen LogP) is 1.47. The van der Waals surface area contributed by atoms with Gasteiger partial charge < -0.3 is 15.4 Å². The summed E-state index contributed by atoms with van der Waals surface area (Å²) in [7, 11) is 1.96. The van der Waals surface area contributed by atoms with Crippen LogP contribution in [-0.4, -0.2) is 16.3 Å². The van der Waals surface area contributed by atoms with Crippen molar-refractivity contribution in [3.8, 4) is 0 Å². The van der Waals surface area contributed by atoms with Gasteiger partial charge in [0.2, 0.25) is 0 Å². The minimum atomic E-state index is -0.272. The number of aromatic nitrogens is 1. The maximum absolute atomic E-state index is 9.16. The summed E-state index contributed by atoms with van der Waals surface area (Å²) in [4.78, 5) is 0. The van der Waals surface area contributed by atoms with Gasteiger partial charge in [0, 0.05) is 24.4 Å². The van der Waals surface area contributed by atoms with Crippen molar-refractivity contribution in [2.24, 2.45) is 18.2 Å². The zero-order valence-electron chi connectivity index (χ0n) is 8.90. The summed E-state index contributed by atoms with van der Waals surface area (Å²) >= 11 is 0. The molecule has 3 nitrogen and oxygen atoms in total. The molecule has 0 fully saturated rings. The first kappa shape index (κ1) is 13.5. The first-order valence-electron chi connectivity index (χ1n) is 4.46. The van der Waals surface area contributed by atoms with E-state index in [0.717, 1.165) is 5.69 Å². The van der Waals surface area contributed by atoms with Crippen molar-refractivity contribution in [2.75, 3.05) is 6.61 Å². The Morgan fingerprint density at radius 1 is 1.57 bits per heavy atom.